The first-order valence-electron chi connectivity index (χ1n) is 6.45. The Labute approximate surface area is 121 Å². The third kappa shape index (κ3) is 4.10. The van der Waals surface area contributed by atoms with Gasteiger partial charge in [-0.3, -0.25) is 9.59 Å². The molecule has 21 heavy (non-hydrogen) atoms. The molecule has 0 saturated carbocycles. The minimum Gasteiger partial charge on any atom is -0.466 e. The van der Waals surface area contributed by atoms with E-state index in [4.69, 9.17) is 4.74 Å². The Bertz CT molecular complexity index is 595. The van der Waals surface area contributed by atoms with Crippen molar-refractivity contribution in [2.24, 2.45) is 0 Å². The van der Waals surface area contributed by atoms with Crippen LogP contribution in [0.15, 0.2) is 31.0 Å². The first-order chi connectivity index (χ1) is 10.2. The zero-order valence-corrected chi connectivity index (χ0v) is 11.5. The van der Waals surface area contributed by atoms with E-state index in [0.717, 1.165) is 0 Å². The van der Waals surface area contributed by atoms with Crippen LogP contribution in [0.4, 0.5) is 0 Å². The second-order valence-corrected chi connectivity index (χ2v) is 4.06. The van der Waals surface area contributed by atoms with Crippen LogP contribution in [-0.4, -0.2) is 44.8 Å². The van der Waals surface area contributed by atoms with Crippen molar-refractivity contribution in [3.8, 4) is 5.82 Å². The highest BCUT2D eigenvalue weighted by molar-refractivity contribution is 5.94. The molecule has 2 heterocycles. The van der Waals surface area contributed by atoms with Crippen molar-refractivity contribution in [3.05, 3.63) is 36.5 Å². The SMILES string of the molecule is CCOC(=O)CCNC(=O)c1ccc(-n2cncn2)nc1. The van der Waals surface area contributed by atoms with Crippen LogP contribution in [-0.2, 0) is 9.53 Å². The molecular weight excluding hydrogens is 274 g/mol. The van der Waals surface area contributed by atoms with Crippen molar-refractivity contribution in [1.82, 2.24) is 25.1 Å². The summed E-state index contributed by atoms with van der Waals surface area (Å²) in [7, 11) is 0. The normalized spacial score (nSPS) is 10.1. The molecule has 0 spiro atoms. The number of ether oxygens (including phenoxy) is 1. The molecule has 1 amide bonds. The van der Waals surface area contributed by atoms with E-state index in [1.165, 1.54) is 23.5 Å². The predicted octanol–water partition coefficient (Wildman–Crippen LogP) is 0.345. The fourth-order valence-corrected chi connectivity index (χ4v) is 1.60. The molecule has 0 aliphatic heterocycles. The number of nitrogens with zero attached hydrogens (tertiary/aromatic N) is 4. The molecule has 2 aromatic rings. The standard InChI is InChI=1S/C13H15N5O3/c1-2-21-12(19)5-6-15-13(20)10-3-4-11(16-7-10)18-9-14-8-17-18/h3-4,7-9H,2,5-6H2,1H3,(H,15,20). The van der Waals surface area contributed by atoms with E-state index in [0.29, 0.717) is 18.0 Å². The average molecular weight is 289 g/mol. The Balaban J connectivity index is 1.87. The van der Waals surface area contributed by atoms with Gasteiger partial charge in [-0.25, -0.2) is 14.6 Å². The summed E-state index contributed by atoms with van der Waals surface area (Å²) < 4.78 is 6.26. The highest BCUT2D eigenvalue weighted by atomic mass is 16.5. The Morgan fingerprint density at radius 2 is 2.24 bits per heavy atom. The number of hydrogen-bond donors (Lipinski definition) is 1. The van der Waals surface area contributed by atoms with Gasteiger partial charge in [0.25, 0.3) is 5.91 Å². The van der Waals surface area contributed by atoms with Crippen molar-refractivity contribution >= 4 is 11.9 Å². The molecule has 0 atom stereocenters. The van der Waals surface area contributed by atoms with Gasteiger partial charge in [-0.2, -0.15) is 5.10 Å². The van der Waals surface area contributed by atoms with Gasteiger partial charge in [0.15, 0.2) is 5.82 Å². The summed E-state index contributed by atoms with van der Waals surface area (Å²) in [6.45, 7) is 2.29. The smallest absolute Gasteiger partial charge is 0.307 e. The molecule has 0 aliphatic carbocycles. The van der Waals surface area contributed by atoms with Crippen LogP contribution < -0.4 is 5.32 Å². The Hall–Kier alpha value is -2.77. The summed E-state index contributed by atoms with van der Waals surface area (Å²) in [5.41, 5.74) is 0.405. The van der Waals surface area contributed by atoms with Crippen LogP contribution in [0.3, 0.4) is 0 Å². The zero-order chi connectivity index (χ0) is 15.1. The van der Waals surface area contributed by atoms with Gasteiger partial charge >= 0.3 is 5.97 Å². The molecule has 0 saturated heterocycles. The molecule has 0 unspecified atom stereocenters. The number of esters is 1. The first kappa shape index (κ1) is 14.6. The Kier molecular flexibility index (Phi) is 4.97. The van der Waals surface area contributed by atoms with Crippen molar-refractivity contribution < 1.29 is 14.3 Å². The van der Waals surface area contributed by atoms with E-state index in [-0.39, 0.29) is 24.8 Å². The molecule has 2 aromatic heterocycles. The topological polar surface area (TPSA) is 99.0 Å². The molecule has 1 N–H and O–H groups in total. The Morgan fingerprint density at radius 1 is 1.38 bits per heavy atom. The van der Waals surface area contributed by atoms with E-state index in [1.54, 1.807) is 19.1 Å². The second-order valence-electron chi connectivity index (χ2n) is 4.06. The Morgan fingerprint density at radius 3 is 2.86 bits per heavy atom. The van der Waals surface area contributed by atoms with Gasteiger partial charge in [0, 0.05) is 12.7 Å². The lowest BCUT2D eigenvalue weighted by molar-refractivity contribution is -0.142. The maximum Gasteiger partial charge on any atom is 0.307 e. The lowest BCUT2D eigenvalue weighted by Crippen LogP contribution is -2.26. The summed E-state index contributed by atoms with van der Waals surface area (Å²) in [4.78, 5) is 30.9. The van der Waals surface area contributed by atoms with Crippen LogP contribution in [0, 0.1) is 0 Å². The molecule has 0 radical (unpaired) electrons. The maximum absolute atomic E-state index is 11.8. The van der Waals surface area contributed by atoms with Gasteiger partial charge in [-0.1, -0.05) is 0 Å². The summed E-state index contributed by atoms with van der Waals surface area (Å²) in [6.07, 6.45) is 4.50. The number of pyridine rings is 1. The second kappa shape index (κ2) is 7.13. The summed E-state index contributed by atoms with van der Waals surface area (Å²) in [5.74, 6) is -0.0648. The molecular formula is C13H15N5O3. The van der Waals surface area contributed by atoms with Crippen molar-refractivity contribution in [2.75, 3.05) is 13.2 Å². The van der Waals surface area contributed by atoms with E-state index >= 15 is 0 Å². The third-order valence-corrected chi connectivity index (χ3v) is 2.58. The van der Waals surface area contributed by atoms with Crippen molar-refractivity contribution in [3.63, 3.8) is 0 Å². The van der Waals surface area contributed by atoms with Gasteiger partial charge in [-0.15, -0.1) is 0 Å². The summed E-state index contributed by atoms with van der Waals surface area (Å²) in [6, 6.07) is 3.29. The van der Waals surface area contributed by atoms with E-state index < -0.39 is 0 Å². The molecule has 8 nitrogen and oxygen atoms in total. The molecule has 8 heteroatoms. The quantitative estimate of drug-likeness (QED) is 0.770. The molecule has 110 valence electrons. The van der Waals surface area contributed by atoms with E-state index in [2.05, 4.69) is 20.4 Å². The molecule has 0 bridgehead atoms. The van der Waals surface area contributed by atoms with Crippen molar-refractivity contribution in [2.45, 2.75) is 13.3 Å². The summed E-state index contributed by atoms with van der Waals surface area (Å²) in [5, 5.41) is 6.57. The number of aromatic nitrogens is 4. The lowest BCUT2D eigenvalue weighted by atomic mass is 10.2. The fraction of sp³-hybridized carbons (Fsp3) is 0.308. The largest absolute Gasteiger partial charge is 0.466 e. The number of rotatable bonds is 6. The number of hydrogen-bond acceptors (Lipinski definition) is 6. The highest BCUT2D eigenvalue weighted by Gasteiger charge is 2.08. The lowest BCUT2D eigenvalue weighted by Gasteiger charge is -2.05. The minimum atomic E-state index is -0.336. The minimum absolute atomic E-state index is 0.143. The van der Waals surface area contributed by atoms with E-state index in [1.807, 2.05) is 0 Å². The number of carbonyl (C=O) groups is 2. The van der Waals surface area contributed by atoms with Gasteiger partial charge in [0.05, 0.1) is 18.6 Å². The first-order valence-corrected chi connectivity index (χ1v) is 6.45. The highest BCUT2D eigenvalue weighted by Crippen LogP contribution is 2.03. The van der Waals surface area contributed by atoms with Crippen LogP contribution in [0.5, 0.6) is 0 Å². The van der Waals surface area contributed by atoms with Crippen LogP contribution >= 0.6 is 0 Å². The monoisotopic (exact) mass is 289 g/mol. The number of nitrogens with one attached hydrogen (secondary N) is 1. The van der Waals surface area contributed by atoms with Gasteiger partial charge in [0.1, 0.15) is 12.7 Å². The van der Waals surface area contributed by atoms with Crippen molar-refractivity contribution in [1.29, 1.82) is 0 Å². The molecule has 2 rings (SSSR count). The van der Waals surface area contributed by atoms with Crippen LogP contribution in [0.25, 0.3) is 5.82 Å². The van der Waals surface area contributed by atoms with E-state index in [9.17, 15) is 9.59 Å². The fourth-order valence-electron chi connectivity index (χ4n) is 1.60. The molecule has 0 fully saturated rings. The third-order valence-electron chi connectivity index (χ3n) is 2.58. The predicted molar refractivity (Wildman–Crippen MR) is 72.7 cm³/mol. The number of amides is 1. The van der Waals surface area contributed by atoms with Crippen LogP contribution in [0.1, 0.15) is 23.7 Å². The van der Waals surface area contributed by atoms with Gasteiger partial charge in [0.2, 0.25) is 0 Å². The average Bonchev–Trinajstić information content (AvgIpc) is 3.02. The summed E-state index contributed by atoms with van der Waals surface area (Å²) >= 11 is 0. The molecule has 0 aliphatic rings. The maximum atomic E-state index is 11.8. The van der Waals surface area contributed by atoms with Gasteiger partial charge < -0.3 is 10.1 Å². The van der Waals surface area contributed by atoms with Crippen LogP contribution in [0.2, 0.25) is 0 Å². The van der Waals surface area contributed by atoms with Gasteiger partial charge in [-0.05, 0) is 19.1 Å². The zero-order valence-electron chi connectivity index (χ0n) is 11.5. The molecule has 0 aromatic carbocycles. The number of carbonyl (C=O) groups excluding carboxylic acids is 2.